The predicted molar refractivity (Wildman–Crippen MR) is 114 cm³/mol. The Morgan fingerprint density at radius 1 is 1.07 bits per heavy atom. The normalized spacial score (nSPS) is 17.7. The van der Waals surface area contributed by atoms with E-state index >= 15 is 0 Å². The maximum absolute atomic E-state index is 13.3. The molecule has 0 saturated carbocycles. The van der Waals surface area contributed by atoms with Gasteiger partial charge in [0.2, 0.25) is 0 Å². The minimum Gasteiger partial charge on any atom is -0.307 e. The van der Waals surface area contributed by atoms with Crippen molar-refractivity contribution in [2.75, 3.05) is 31.1 Å². The van der Waals surface area contributed by atoms with Gasteiger partial charge < -0.3 is 9.80 Å². The average Bonchev–Trinajstić information content (AvgIpc) is 3.07. The van der Waals surface area contributed by atoms with Crippen molar-refractivity contribution in [3.8, 4) is 0 Å². The molecule has 7 heteroatoms. The first-order valence-electron chi connectivity index (χ1n) is 10.3. The summed E-state index contributed by atoms with van der Waals surface area (Å²) in [6, 6.07) is 13.9. The van der Waals surface area contributed by atoms with Crippen molar-refractivity contribution in [2.45, 2.75) is 31.6 Å². The summed E-state index contributed by atoms with van der Waals surface area (Å²) in [5, 5.41) is 10.9. The van der Waals surface area contributed by atoms with Gasteiger partial charge in [0, 0.05) is 48.3 Å². The molecule has 2 aromatic rings. The van der Waals surface area contributed by atoms with Crippen molar-refractivity contribution in [2.24, 2.45) is 0 Å². The molecule has 4 rings (SSSR count). The lowest BCUT2D eigenvalue weighted by molar-refractivity contribution is -0.384. The molecule has 1 fully saturated rings. The summed E-state index contributed by atoms with van der Waals surface area (Å²) in [6.07, 6.45) is 2.45. The molecule has 0 bridgehead atoms. The zero-order valence-electron chi connectivity index (χ0n) is 17.0. The molecule has 2 aliphatic heterocycles. The summed E-state index contributed by atoms with van der Waals surface area (Å²) >= 11 is 0. The van der Waals surface area contributed by atoms with E-state index in [1.54, 1.807) is 6.92 Å². The Balaban J connectivity index is 1.55. The highest BCUT2D eigenvalue weighted by Gasteiger charge is 2.46. The topological polar surface area (TPSA) is 83.8 Å². The minimum absolute atomic E-state index is 0.0252. The molecule has 0 radical (unpaired) electrons. The third-order valence-electron chi connectivity index (χ3n) is 6.39. The van der Waals surface area contributed by atoms with E-state index in [-0.39, 0.29) is 22.8 Å². The molecule has 1 saturated heterocycles. The molecule has 2 aliphatic rings. The van der Waals surface area contributed by atoms with Crippen molar-refractivity contribution >= 4 is 23.1 Å². The zero-order chi connectivity index (χ0) is 21.3. The van der Waals surface area contributed by atoms with E-state index < -0.39 is 4.92 Å². The van der Waals surface area contributed by atoms with Crippen LogP contribution in [0.25, 0.3) is 0 Å². The third-order valence-corrected chi connectivity index (χ3v) is 6.39. The van der Waals surface area contributed by atoms with Crippen LogP contribution in [0.1, 0.15) is 42.1 Å². The van der Waals surface area contributed by atoms with Gasteiger partial charge in [-0.05, 0) is 56.6 Å². The Bertz CT molecular complexity index is 978. The first-order chi connectivity index (χ1) is 14.4. The molecule has 7 nitrogen and oxygen atoms in total. The number of likely N-dealkylation sites (tertiary alicyclic amines) is 1. The lowest BCUT2D eigenvalue weighted by Crippen LogP contribution is -2.46. The fourth-order valence-corrected chi connectivity index (χ4v) is 4.64. The standard InChI is InChI=1S/C23H25N3O4/c1-17(27)10-13-24-14-11-23(12-15-24)16-25(21-5-3-2-4-20(21)23)22(28)18-6-8-19(9-7-18)26(29)30/h2-9H,10-16H2,1H3. The van der Waals surface area contributed by atoms with Crippen LogP contribution in [0, 0.1) is 10.1 Å². The average molecular weight is 407 g/mol. The number of fused-ring (bicyclic) bond motifs is 2. The smallest absolute Gasteiger partial charge is 0.269 e. The highest BCUT2D eigenvalue weighted by Crippen LogP contribution is 2.47. The molecular weight excluding hydrogens is 382 g/mol. The van der Waals surface area contributed by atoms with Gasteiger partial charge in [-0.15, -0.1) is 0 Å². The molecule has 0 N–H and O–H groups in total. The number of nitro benzene ring substituents is 1. The van der Waals surface area contributed by atoms with Crippen molar-refractivity contribution in [1.29, 1.82) is 0 Å². The number of non-ortho nitro benzene ring substituents is 1. The van der Waals surface area contributed by atoms with Gasteiger partial charge >= 0.3 is 0 Å². The predicted octanol–water partition coefficient (Wildman–Crippen LogP) is 3.57. The number of nitrogens with zero attached hydrogens (tertiary/aromatic N) is 3. The van der Waals surface area contributed by atoms with Gasteiger partial charge in [-0.1, -0.05) is 18.2 Å². The van der Waals surface area contributed by atoms with Gasteiger partial charge in [-0.25, -0.2) is 0 Å². The van der Waals surface area contributed by atoms with Crippen molar-refractivity contribution < 1.29 is 14.5 Å². The second-order valence-electron chi connectivity index (χ2n) is 8.29. The summed E-state index contributed by atoms with van der Waals surface area (Å²) < 4.78 is 0. The van der Waals surface area contributed by atoms with E-state index in [9.17, 15) is 19.7 Å². The number of para-hydroxylation sites is 1. The quantitative estimate of drug-likeness (QED) is 0.559. The van der Waals surface area contributed by atoms with E-state index in [0.29, 0.717) is 18.5 Å². The molecule has 30 heavy (non-hydrogen) atoms. The van der Waals surface area contributed by atoms with Crippen LogP contribution in [-0.2, 0) is 10.2 Å². The van der Waals surface area contributed by atoms with E-state index in [4.69, 9.17) is 0 Å². The Morgan fingerprint density at radius 2 is 1.73 bits per heavy atom. The maximum Gasteiger partial charge on any atom is 0.269 e. The number of nitro groups is 1. The Labute approximate surface area is 175 Å². The van der Waals surface area contributed by atoms with Crippen LogP contribution in [0.3, 0.4) is 0 Å². The number of Topliss-reactive ketones (excluding diaryl/α,β-unsaturated/α-hetero) is 1. The van der Waals surface area contributed by atoms with Crippen molar-refractivity contribution in [1.82, 2.24) is 4.90 Å². The summed E-state index contributed by atoms with van der Waals surface area (Å²) in [5.41, 5.74) is 2.47. The summed E-state index contributed by atoms with van der Waals surface area (Å²) in [5.74, 6) is 0.0783. The van der Waals surface area contributed by atoms with Crippen LogP contribution in [0.2, 0.25) is 0 Å². The second-order valence-corrected chi connectivity index (χ2v) is 8.29. The van der Waals surface area contributed by atoms with Crippen LogP contribution < -0.4 is 4.90 Å². The van der Waals surface area contributed by atoms with Gasteiger partial charge in [-0.3, -0.25) is 19.7 Å². The van der Waals surface area contributed by atoms with E-state index in [0.717, 1.165) is 38.2 Å². The first kappa shape index (κ1) is 20.2. The highest BCUT2D eigenvalue weighted by atomic mass is 16.6. The summed E-state index contributed by atoms with van der Waals surface area (Å²) in [6.45, 7) is 4.84. The number of benzene rings is 2. The van der Waals surface area contributed by atoms with Crippen molar-refractivity contribution in [3.05, 3.63) is 69.8 Å². The first-order valence-corrected chi connectivity index (χ1v) is 10.3. The Hall–Kier alpha value is -3.06. The molecule has 2 heterocycles. The van der Waals surface area contributed by atoms with Gasteiger partial charge in [0.25, 0.3) is 11.6 Å². The molecule has 1 spiro atoms. The van der Waals surface area contributed by atoms with Gasteiger partial charge in [0.05, 0.1) is 4.92 Å². The fourth-order valence-electron chi connectivity index (χ4n) is 4.64. The largest absolute Gasteiger partial charge is 0.307 e. The molecule has 1 amide bonds. The number of hydrogen-bond acceptors (Lipinski definition) is 5. The zero-order valence-corrected chi connectivity index (χ0v) is 17.0. The van der Waals surface area contributed by atoms with Crippen LogP contribution in [0.15, 0.2) is 48.5 Å². The second kappa shape index (κ2) is 7.99. The number of carbonyl (C=O) groups is 2. The van der Waals surface area contributed by atoms with E-state index in [1.165, 1.54) is 29.8 Å². The van der Waals surface area contributed by atoms with Gasteiger partial charge in [0.15, 0.2) is 0 Å². The number of hydrogen-bond donors (Lipinski definition) is 0. The number of carbonyl (C=O) groups excluding carboxylic acids is 2. The van der Waals surface area contributed by atoms with Crippen LogP contribution in [-0.4, -0.2) is 47.7 Å². The highest BCUT2D eigenvalue weighted by molar-refractivity contribution is 6.07. The van der Waals surface area contributed by atoms with Gasteiger partial charge in [0.1, 0.15) is 5.78 Å². The van der Waals surface area contributed by atoms with Crippen molar-refractivity contribution in [3.63, 3.8) is 0 Å². The fraction of sp³-hybridized carbons (Fsp3) is 0.391. The number of anilines is 1. The van der Waals surface area contributed by atoms with Gasteiger partial charge in [-0.2, -0.15) is 0 Å². The number of rotatable bonds is 5. The lowest BCUT2D eigenvalue weighted by atomic mass is 9.74. The SMILES string of the molecule is CC(=O)CCN1CCC2(CC1)CN(C(=O)c1ccc([N+](=O)[O-])cc1)c1ccccc12. The molecular formula is C23H25N3O4. The molecule has 0 atom stereocenters. The number of piperidine rings is 1. The van der Waals surface area contributed by atoms with E-state index in [2.05, 4.69) is 11.0 Å². The Kier molecular flexibility index (Phi) is 5.39. The lowest BCUT2D eigenvalue weighted by Gasteiger charge is -2.39. The number of amides is 1. The Morgan fingerprint density at radius 3 is 2.37 bits per heavy atom. The molecule has 0 aromatic heterocycles. The van der Waals surface area contributed by atoms with Crippen LogP contribution >= 0.6 is 0 Å². The molecule has 2 aromatic carbocycles. The van der Waals surface area contributed by atoms with E-state index in [1.807, 2.05) is 23.1 Å². The minimum atomic E-state index is -0.464. The number of ketones is 1. The molecule has 156 valence electrons. The third kappa shape index (κ3) is 3.73. The summed E-state index contributed by atoms with van der Waals surface area (Å²) in [7, 11) is 0. The molecule has 0 unspecified atom stereocenters. The maximum atomic E-state index is 13.3. The summed E-state index contributed by atoms with van der Waals surface area (Å²) in [4.78, 5) is 39.2. The molecule has 0 aliphatic carbocycles. The van der Waals surface area contributed by atoms with Crippen LogP contribution in [0.5, 0.6) is 0 Å². The monoisotopic (exact) mass is 407 g/mol. The van der Waals surface area contributed by atoms with Crippen LogP contribution in [0.4, 0.5) is 11.4 Å².